The van der Waals surface area contributed by atoms with Gasteiger partial charge in [0.2, 0.25) is 0 Å². The third-order valence-corrected chi connectivity index (χ3v) is 3.44. The van der Waals surface area contributed by atoms with Crippen molar-refractivity contribution < 1.29 is 18.7 Å². The van der Waals surface area contributed by atoms with E-state index in [-0.39, 0.29) is 6.03 Å². The first-order valence-corrected chi connectivity index (χ1v) is 7.71. The molecule has 0 aliphatic rings. The monoisotopic (exact) mass is 338 g/mol. The molecule has 3 aromatic rings. The lowest BCUT2D eigenvalue weighted by Crippen LogP contribution is -2.27. The number of ether oxygens (including phenoxy) is 2. The molecule has 1 heterocycles. The average molecular weight is 338 g/mol. The molecule has 3 rings (SSSR count). The Morgan fingerprint density at radius 2 is 1.80 bits per heavy atom. The molecule has 0 aliphatic heterocycles. The molecule has 1 aromatic heterocycles. The van der Waals surface area contributed by atoms with Crippen molar-refractivity contribution in [2.75, 3.05) is 12.4 Å². The Morgan fingerprint density at radius 1 is 1.04 bits per heavy atom. The van der Waals surface area contributed by atoms with Gasteiger partial charge in [0.1, 0.15) is 5.75 Å². The summed E-state index contributed by atoms with van der Waals surface area (Å²) in [7, 11) is 1.59. The van der Waals surface area contributed by atoms with E-state index < -0.39 is 0 Å². The molecule has 0 saturated heterocycles. The Bertz CT molecular complexity index is 814. The van der Waals surface area contributed by atoms with Crippen molar-refractivity contribution in [1.29, 1.82) is 0 Å². The van der Waals surface area contributed by atoms with Crippen LogP contribution in [0, 0.1) is 0 Å². The second-order valence-corrected chi connectivity index (χ2v) is 5.22. The van der Waals surface area contributed by atoms with Crippen LogP contribution in [0.3, 0.4) is 0 Å². The van der Waals surface area contributed by atoms with Crippen LogP contribution in [0.1, 0.15) is 5.56 Å². The predicted molar refractivity (Wildman–Crippen MR) is 94.1 cm³/mol. The fraction of sp³-hybridized carbons (Fsp3) is 0.105. The van der Waals surface area contributed by atoms with Crippen molar-refractivity contribution >= 4 is 11.7 Å². The summed E-state index contributed by atoms with van der Waals surface area (Å²) < 4.78 is 16.0. The molecule has 0 atom stereocenters. The van der Waals surface area contributed by atoms with Gasteiger partial charge in [0.05, 0.1) is 19.6 Å². The van der Waals surface area contributed by atoms with Crippen LogP contribution in [0.15, 0.2) is 71.5 Å². The third-order valence-electron chi connectivity index (χ3n) is 3.44. The predicted octanol–water partition coefficient (Wildman–Crippen LogP) is 4.40. The highest BCUT2D eigenvalue weighted by molar-refractivity contribution is 5.89. The van der Waals surface area contributed by atoms with Gasteiger partial charge in [-0.3, -0.25) is 0 Å². The van der Waals surface area contributed by atoms with Gasteiger partial charge < -0.3 is 24.5 Å². The number of methoxy groups -OCH3 is 1. The number of hydrogen-bond donors (Lipinski definition) is 2. The number of hydrogen-bond acceptors (Lipinski definition) is 4. The van der Waals surface area contributed by atoms with Crippen molar-refractivity contribution in [2.24, 2.45) is 0 Å². The smallest absolute Gasteiger partial charge is 0.319 e. The van der Waals surface area contributed by atoms with Crippen molar-refractivity contribution in [3.63, 3.8) is 0 Å². The first kappa shape index (κ1) is 16.4. The minimum Gasteiger partial charge on any atom is -0.493 e. The van der Waals surface area contributed by atoms with Gasteiger partial charge in [0.15, 0.2) is 11.5 Å². The highest BCUT2D eigenvalue weighted by atomic mass is 16.5. The Kier molecular flexibility index (Phi) is 5.21. The second-order valence-electron chi connectivity index (χ2n) is 5.22. The van der Waals surface area contributed by atoms with Crippen molar-refractivity contribution in [3.05, 3.63) is 72.7 Å². The lowest BCUT2D eigenvalue weighted by atomic mass is 10.3. The summed E-state index contributed by atoms with van der Waals surface area (Å²) in [5.41, 5.74) is 1.56. The van der Waals surface area contributed by atoms with Crippen molar-refractivity contribution in [2.45, 2.75) is 6.54 Å². The van der Waals surface area contributed by atoms with Gasteiger partial charge in [-0.2, -0.15) is 0 Å². The van der Waals surface area contributed by atoms with Crippen LogP contribution >= 0.6 is 0 Å². The molecule has 128 valence electrons. The fourth-order valence-corrected chi connectivity index (χ4v) is 2.19. The zero-order chi connectivity index (χ0) is 17.5. The van der Waals surface area contributed by atoms with E-state index in [1.165, 1.54) is 0 Å². The average Bonchev–Trinajstić information content (AvgIpc) is 3.16. The topological polar surface area (TPSA) is 72.7 Å². The quantitative estimate of drug-likeness (QED) is 0.698. The maximum absolute atomic E-state index is 11.9. The number of rotatable bonds is 6. The van der Waals surface area contributed by atoms with Crippen LogP contribution in [0.2, 0.25) is 0 Å². The molecule has 2 amide bonds. The summed E-state index contributed by atoms with van der Waals surface area (Å²) >= 11 is 0. The molecule has 6 nitrogen and oxygen atoms in total. The second kappa shape index (κ2) is 7.92. The molecule has 0 bridgehead atoms. The summed E-state index contributed by atoms with van der Waals surface area (Å²) in [6.07, 6.45) is 3.15. The van der Waals surface area contributed by atoms with Gasteiger partial charge in [-0.1, -0.05) is 12.1 Å². The fourth-order valence-electron chi connectivity index (χ4n) is 2.19. The lowest BCUT2D eigenvalue weighted by molar-refractivity contribution is 0.251. The molecular formula is C19H18N2O4. The Hall–Kier alpha value is -3.41. The van der Waals surface area contributed by atoms with E-state index in [0.29, 0.717) is 29.5 Å². The number of carbonyl (C=O) groups excluding carboxylic acids is 1. The van der Waals surface area contributed by atoms with Crippen LogP contribution in [-0.4, -0.2) is 13.1 Å². The summed E-state index contributed by atoms with van der Waals surface area (Å²) in [4.78, 5) is 11.9. The molecule has 2 N–H and O–H groups in total. The van der Waals surface area contributed by atoms with Gasteiger partial charge in [-0.05, 0) is 42.5 Å². The molecule has 0 aliphatic carbocycles. The first-order chi connectivity index (χ1) is 12.2. The molecule has 0 spiro atoms. The molecule has 0 saturated carbocycles. The maximum Gasteiger partial charge on any atom is 0.319 e. The van der Waals surface area contributed by atoms with Crippen LogP contribution in [0.4, 0.5) is 10.5 Å². The van der Waals surface area contributed by atoms with Gasteiger partial charge in [0.25, 0.3) is 0 Å². The summed E-state index contributed by atoms with van der Waals surface area (Å²) in [5.74, 6) is 1.93. The molecule has 2 aromatic carbocycles. The van der Waals surface area contributed by atoms with E-state index in [2.05, 4.69) is 10.6 Å². The zero-order valence-corrected chi connectivity index (χ0v) is 13.7. The highest BCUT2D eigenvalue weighted by Gasteiger charge is 2.06. The summed E-state index contributed by atoms with van der Waals surface area (Å²) in [6.45, 7) is 0.400. The van der Waals surface area contributed by atoms with Crippen LogP contribution in [-0.2, 0) is 6.54 Å². The summed E-state index contributed by atoms with van der Waals surface area (Å²) in [6, 6.07) is 16.0. The van der Waals surface area contributed by atoms with E-state index in [9.17, 15) is 4.79 Å². The largest absolute Gasteiger partial charge is 0.493 e. The van der Waals surface area contributed by atoms with Crippen LogP contribution in [0.5, 0.6) is 17.2 Å². The van der Waals surface area contributed by atoms with E-state index >= 15 is 0 Å². The molecule has 25 heavy (non-hydrogen) atoms. The lowest BCUT2D eigenvalue weighted by Gasteiger charge is -2.11. The maximum atomic E-state index is 11.9. The van der Waals surface area contributed by atoms with Crippen molar-refractivity contribution in [1.82, 2.24) is 5.32 Å². The molecular weight excluding hydrogens is 320 g/mol. The number of urea groups is 1. The standard InChI is InChI=1S/C19H18N2O4/c1-23-17-4-2-3-5-18(17)25-16-8-6-15(7-9-16)21-19(22)20-12-14-10-11-24-13-14/h2-11,13H,12H2,1H3,(H2,20,21,22). The third kappa shape index (κ3) is 4.54. The Balaban J connectivity index is 1.55. The Labute approximate surface area is 145 Å². The van der Waals surface area contributed by atoms with Crippen LogP contribution < -0.4 is 20.1 Å². The number of benzene rings is 2. The highest BCUT2D eigenvalue weighted by Crippen LogP contribution is 2.31. The van der Waals surface area contributed by atoms with Crippen molar-refractivity contribution in [3.8, 4) is 17.2 Å². The first-order valence-electron chi connectivity index (χ1n) is 7.71. The van der Waals surface area contributed by atoms with E-state index in [4.69, 9.17) is 13.9 Å². The zero-order valence-electron chi connectivity index (χ0n) is 13.7. The normalized spacial score (nSPS) is 10.1. The van der Waals surface area contributed by atoms with E-state index in [1.54, 1.807) is 50.0 Å². The van der Waals surface area contributed by atoms with Gasteiger partial charge in [-0.25, -0.2) is 4.79 Å². The number of amides is 2. The Morgan fingerprint density at radius 3 is 2.48 bits per heavy atom. The number of anilines is 1. The summed E-state index contributed by atoms with van der Waals surface area (Å²) in [5, 5.41) is 5.50. The van der Waals surface area contributed by atoms with E-state index in [1.807, 2.05) is 24.3 Å². The van der Waals surface area contributed by atoms with Gasteiger partial charge >= 0.3 is 6.03 Å². The van der Waals surface area contributed by atoms with E-state index in [0.717, 1.165) is 5.56 Å². The number of para-hydroxylation sites is 2. The van der Waals surface area contributed by atoms with Crippen LogP contribution in [0.25, 0.3) is 0 Å². The minimum absolute atomic E-state index is 0.292. The molecule has 0 fully saturated rings. The minimum atomic E-state index is -0.292. The number of nitrogens with one attached hydrogen (secondary N) is 2. The number of carbonyl (C=O) groups is 1. The number of furan rings is 1. The van der Waals surface area contributed by atoms with Gasteiger partial charge in [0, 0.05) is 17.8 Å². The molecule has 0 radical (unpaired) electrons. The molecule has 6 heteroatoms. The SMILES string of the molecule is COc1ccccc1Oc1ccc(NC(=O)NCc2ccoc2)cc1. The van der Waals surface area contributed by atoms with Gasteiger partial charge in [-0.15, -0.1) is 0 Å². The molecule has 0 unspecified atom stereocenters.